The summed E-state index contributed by atoms with van der Waals surface area (Å²) in [5, 5.41) is 13.8. The summed E-state index contributed by atoms with van der Waals surface area (Å²) in [5.74, 6) is 1.24. The lowest BCUT2D eigenvalue weighted by Crippen LogP contribution is -2.19. The van der Waals surface area contributed by atoms with Gasteiger partial charge in [0.25, 0.3) is 0 Å². The number of amides is 1. The molecular formula is C20H25N3O2S. The molecule has 0 aliphatic carbocycles. The summed E-state index contributed by atoms with van der Waals surface area (Å²) in [7, 11) is 3.98. The molecule has 0 heterocycles. The number of aryl methyl sites for hydroxylation is 2. The van der Waals surface area contributed by atoms with E-state index >= 15 is 0 Å². The molecule has 2 N–H and O–H groups in total. The van der Waals surface area contributed by atoms with Crippen LogP contribution >= 0.6 is 11.8 Å². The van der Waals surface area contributed by atoms with Crippen molar-refractivity contribution < 1.29 is 9.90 Å². The maximum atomic E-state index is 11.9. The highest BCUT2D eigenvalue weighted by atomic mass is 32.2. The van der Waals surface area contributed by atoms with E-state index in [9.17, 15) is 9.90 Å². The Balaban J connectivity index is 1.76. The number of aromatic hydroxyl groups is 1. The molecule has 0 aliphatic heterocycles. The third-order valence-electron chi connectivity index (χ3n) is 3.87. The topological polar surface area (TPSA) is 64.9 Å². The zero-order valence-electron chi connectivity index (χ0n) is 15.6. The van der Waals surface area contributed by atoms with Crippen molar-refractivity contribution in [2.45, 2.75) is 19.6 Å². The lowest BCUT2D eigenvalue weighted by atomic mass is 10.1. The molecule has 0 aromatic heterocycles. The van der Waals surface area contributed by atoms with E-state index in [1.54, 1.807) is 6.21 Å². The Hall–Kier alpha value is -2.47. The predicted molar refractivity (Wildman–Crippen MR) is 110 cm³/mol. The van der Waals surface area contributed by atoms with E-state index in [0.29, 0.717) is 17.3 Å². The van der Waals surface area contributed by atoms with Crippen molar-refractivity contribution in [3.8, 4) is 5.75 Å². The molecule has 1 amide bonds. The first-order chi connectivity index (χ1) is 12.4. The standard InChI is InChI=1S/C20H25N3O2S/c1-14-9-17(10-15(2)20(14)25)12-26-13-19(24)22-21-11-16-5-7-18(8-6-16)23(3)4/h5-11,25H,12-13H2,1-4H3,(H,22,24)/b21-11-. The predicted octanol–water partition coefficient (Wildman–Crippen LogP) is 3.46. The zero-order valence-corrected chi connectivity index (χ0v) is 16.4. The number of nitrogens with zero attached hydrogens (tertiary/aromatic N) is 2. The average Bonchev–Trinajstić information content (AvgIpc) is 2.60. The van der Waals surface area contributed by atoms with Gasteiger partial charge in [0.1, 0.15) is 5.75 Å². The molecule has 0 saturated heterocycles. The Bertz CT molecular complexity index is 763. The number of nitrogens with one attached hydrogen (secondary N) is 1. The second kappa shape index (κ2) is 9.29. The Kier molecular flexibility index (Phi) is 7.09. The van der Waals surface area contributed by atoms with E-state index in [0.717, 1.165) is 27.9 Å². The SMILES string of the molecule is Cc1cc(CSCC(=O)N/N=C\c2ccc(N(C)C)cc2)cc(C)c1O. The Morgan fingerprint density at radius 3 is 2.38 bits per heavy atom. The van der Waals surface area contributed by atoms with Crippen LogP contribution in [0.1, 0.15) is 22.3 Å². The molecule has 26 heavy (non-hydrogen) atoms. The number of hydrogen-bond acceptors (Lipinski definition) is 5. The van der Waals surface area contributed by atoms with Gasteiger partial charge in [-0.2, -0.15) is 5.10 Å². The van der Waals surface area contributed by atoms with Crippen LogP contribution in [0.3, 0.4) is 0 Å². The molecule has 0 radical (unpaired) electrons. The van der Waals surface area contributed by atoms with Crippen LogP contribution in [0.2, 0.25) is 0 Å². The van der Waals surface area contributed by atoms with E-state index in [4.69, 9.17) is 0 Å². The number of phenolic OH excluding ortho intramolecular Hbond substituents is 1. The van der Waals surface area contributed by atoms with Gasteiger partial charge in [-0.25, -0.2) is 5.43 Å². The van der Waals surface area contributed by atoms with Crippen molar-refractivity contribution >= 4 is 29.6 Å². The molecule has 0 aliphatic rings. The van der Waals surface area contributed by atoms with Crippen LogP contribution in [-0.4, -0.2) is 37.1 Å². The van der Waals surface area contributed by atoms with Crippen molar-refractivity contribution in [2.75, 3.05) is 24.7 Å². The van der Waals surface area contributed by atoms with Crippen LogP contribution in [0.25, 0.3) is 0 Å². The van der Waals surface area contributed by atoms with Crippen LogP contribution in [0, 0.1) is 13.8 Å². The summed E-state index contributed by atoms with van der Waals surface area (Å²) < 4.78 is 0. The van der Waals surface area contributed by atoms with Gasteiger partial charge in [-0.15, -0.1) is 11.8 Å². The molecule has 0 fully saturated rings. The van der Waals surface area contributed by atoms with Gasteiger partial charge in [-0.05, 0) is 48.2 Å². The van der Waals surface area contributed by atoms with Gasteiger partial charge in [0.05, 0.1) is 12.0 Å². The van der Waals surface area contributed by atoms with Crippen molar-refractivity contribution in [2.24, 2.45) is 5.10 Å². The number of benzene rings is 2. The van der Waals surface area contributed by atoms with Crippen LogP contribution in [-0.2, 0) is 10.5 Å². The van der Waals surface area contributed by atoms with Gasteiger partial charge in [0, 0.05) is 25.5 Å². The largest absolute Gasteiger partial charge is 0.507 e. The summed E-state index contributed by atoms with van der Waals surface area (Å²) in [5.41, 5.74) is 7.40. The molecule has 0 unspecified atom stereocenters. The van der Waals surface area contributed by atoms with Crippen LogP contribution in [0.15, 0.2) is 41.5 Å². The number of anilines is 1. The third kappa shape index (κ3) is 5.81. The molecule has 2 aromatic rings. The first kappa shape index (κ1) is 19.8. The molecule has 138 valence electrons. The molecule has 0 bridgehead atoms. The summed E-state index contributed by atoms with van der Waals surface area (Å²) in [4.78, 5) is 13.9. The number of carbonyl (C=O) groups excluding carboxylic acids is 1. The second-order valence-electron chi connectivity index (χ2n) is 6.35. The molecular weight excluding hydrogens is 346 g/mol. The normalized spacial score (nSPS) is 10.9. The van der Waals surface area contributed by atoms with Crippen molar-refractivity contribution in [1.82, 2.24) is 5.43 Å². The average molecular weight is 372 g/mol. The van der Waals surface area contributed by atoms with E-state index in [1.807, 2.05) is 69.2 Å². The third-order valence-corrected chi connectivity index (χ3v) is 4.87. The summed E-state index contributed by atoms with van der Waals surface area (Å²) >= 11 is 1.52. The minimum Gasteiger partial charge on any atom is -0.507 e. The second-order valence-corrected chi connectivity index (χ2v) is 7.34. The summed E-state index contributed by atoms with van der Waals surface area (Å²) in [6.45, 7) is 3.76. The van der Waals surface area contributed by atoms with Crippen molar-refractivity contribution in [1.29, 1.82) is 0 Å². The number of rotatable bonds is 7. The van der Waals surface area contributed by atoms with E-state index < -0.39 is 0 Å². The van der Waals surface area contributed by atoms with Crippen molar-refractivity contribution in [3.63, 3.8) is 0 Å². The number of carbonyl (C=O) groups is 1. The Labute approximate surface area is 159 Å². The van der Waals surface area contributed by atoms with Gasteiger partial charge in [0.15, 0.2) is 0 Å². The van der Waals surface area contributed by atoms with E-state index in [-0.39, 0.29) is 5.91 Å². The van der Waals surface area contributed by atoms with Crippen molar-refractivity contribution in [3.05, 3.63) is 58.7 Å². The fourth-order valence-corrected chi connectivity index (χ4v) is 3.21. The highest BCUT2D eigenvalue weighted by Crippen LogP contribution is 2.25. The maximum Gasteiger partial charge on any atom is 0.250 e. The highest BCUT2D eigenvalue weighted by Gasteiger charge is 2.05. The van der Waals surface area contributed by atoms with E-state index in [1.165, 1.54) is 11.8 Å². The minimum absolute atomic E-state index is 0.136. The van der Waals surface area contributed by atoms with Crippen LogP contribution in [0.4, 0.5) is 5.69 Å². The molecule has 0 spiro atoms. The number of thioether (sulfide) groups is 1. The van der Waals surface area contributed by atoms with Gasteiger partial charge in [0.2, 0.25) is 5.91 Å². The molecule has 2 aromatic carbocycles. The Morgan fingerprint density at radius 1 is 1.19 bits per heavy atom. The molecule has 0 atom stereocenters. The van der Waals surface area contributed by atoms with Gasteiger partial charge in [-0.1, -0.05) is 24.3 Å². The van der Waals surface area contributed by atoms with E-state index in [2.05, 4.69) is 10.5 Å². The Morgan fingerprint density at radius 2 is 1.81 bits per heavy atom. The number of hydrazone groups is 1. The highest BCUT2D eigenvalue weighted by molar-refractivity contribution is 7.99. The zero-order chi connectivity index (χ0) is 19.1. The van der Waals surface area contributed by atoms with Gasteiger partial charge < -0.3 is 10.0 Å². The number of phenols is 1. The lowest BCUT2D eigenvalue weighted by Gasteiger charge is -2.11. The van der Waals surface area contributed by atoms with Gasteiger partial charge in [-0.3, -0.25) is 4.79 Å². The summed E-state index contributed by atoms with van der Waals surface area (Å²) in [6.07, 6.45) is 1.63. The molecule has 2 rings (SSSR count). The molecule has 6 heteroatoms. The smallest absolute Gasteiger partial charge is 0.250 e. The first-order valence-electron chi connectivity index (χ1n) is 8.33. The minimum atomic E-state index is -0.136. The molecule has 0 saturated carbocycles. The van der Waals surface area contributed by atoms with Gasteiger partial charge >= 0.3 is 0 Å². The fraction of sp³-hybridized carbons (Fsp3) is 0.300. The summed E-state index contributed by atoms with van der Waals surface area (Å²) in [6, 6.07) is 11.8. The fourth-order valence-electron chi connectivity index (χ4n) is 2.46. The number of hydrogen-bond donors (Lipinski definition) is 2. The molecule has 5 nitrogen and oxygen atoms in total. The monoisotopic (exact) mass is 371 g/mol. The quantitative estimate of drug-likeness (QED) is 0.578. The lowest BCUT2D eigenvalue weighted by molar-refractivity contribution is -0.118. The van der Waals surface area contributed by atoms with Crippen LogP contribution in [0.5, 0.6) is 5.75 Å². The maximum absolute atomic E-state index is 11.9. The first-order valence-corrected chi connectivity index (χ1v) is 9.48. The van der Waals surface area contributed by atoms with Crippen LogP contribution < -0.4 is 10.3 Å².